The van der Waals surface area contributed by atoms with Crippen LogP contribution in [0.5, 0.6) is 0 Å². The maximum atomic E-state index is 10.8. The zero-order valence-corrected chi connectivity index (χ0v) is 5.81. The van der Waals surface area contributed by atoms with Crippen molar-refractivity contribution < 1.29 is 4.79 Å². The quantitative estimate of drug-likeness (QED) is 0.451. The Labute approximate surface area is 55.8 Å². The number of ketones is 1. The van der Waals surface area contributed by atoms with Gasteiger partial charge in [-0.1, -0.05) is 13.5 Å². The molecule has 0 radical (unpaired) electrons. The van der Waals surface area contributed by atoms with Crippen LogP contribution in [0.15, 0.2) is 12.2 Å². The van der Waals surface area contributed by atoms with Gasteiger partial charge in [-0.05, 0) is 24.3 Å². The first-order valence-electron chi connectivity index (χ1n) is 3.41. The highest BCUT2D eigenvalue weighted by Gasteiger charge is 2.17. The molecule has 1 unspecified atom stereocenters. The van der Waals surface area contributed by atoms with E-state index in [4.69, 9.17) is 0 Å². The van der Waals surface area contributed by atoms with E-state index in [1.165, 1.54) is 0 Å². The van der Waals surface area contributed by atoms with Crippen molar-refractivity contribution >= 4 is 5.78 Å². The molecule has 1 saturated carbocycles. The summed E-state index contributed by atoms with van der Waals surface area (Å²) in [5, 5.41) is 0. The first-order valence-corrected chi connectivity index (χ1v) is 3.41. The highest BCUT2D eigenvalue weighted by atomic mass is 16.1. The molecule has 1 rings (SSSR count). The van der Waals surface area contributed by atoms with Crippen molar-refractivity contribution in [2.45, 2.75) is 26.2 Å². The van der Waals surface area contributed by atoms with Crippen molar-refractivity contribution in [3.8, 4) is 0 Å². The molecule has 0 spiro atoms. The SMILES string of the molecule is C=C1CC(C)CCC1=O. The molecule has 0 N–H and O–H groups in total. The Balaban J connectivity index is 2.54. The molecule has 0 aliphatic heterocycles. The van der Waals surface area contributed by atoms with E-state index in [0.29, 0.717) is 5.92 Å². The molecular weight excluding hydrogens is 112 g/mol. The van der Waals surface area contributed by atoms with Gasteiger partial charge in [0.2, 0.25) is 0 Å². The van der Waals surface area contributed by atoms with Crippen LogP contribution in [0.25, 0.3) is 0 Å². The fraction of sp³-hybridized carbons (Fsp3) is 0.625. The van der Waals surface area contributed by atoms with Gasteiger partial charge in [-0.25, -0.2) is 0 Å². The van der Waals surface area contributed by atoms with Gasteiger partial charge in [0.05, 0.1) is 0 Å². The molecular formula is C8H12O. The number of rotatable bonds is 0. The van der Waals surface area contributed by atoms with Gasteiger partial charge < -0.3 is 0 Å². The molecule has 1 nitrogen and oxygen atoms in total. The zero-order chi connectivity index (χ0) is 6.85. The Morgan fingerprint density at radius 2 is 2.33 bits per heavy atom. The van der Waals surface area contributed by atoms with Crippen molar-refractivity contribution in [1.29, 1.82) is 0 Å². The highest BCUT2D eigenvalue weighted by Crippen LogP contribution is 2.23. The topological polar surface area (TPSA) is 17.1 Å². The number of Topliss-reactive ketones (excluding diaryl/α,β-unsaturated/α-hetero) is 1. The average molecular weight is 124 g/mol. The molecule has 0 bridgehead atoms. The van der Waals surface area contributed by atoms with Crippen LogP contribution >= 0.6 is 0 Å². The summed E-state index contributed by atoms with van der Waals surface area (Å²) in [6.07, 6.45) is 2.69. The van der Waals surface area contributed by atoms with E-state index < -0.39 is 0 Å². The van der Waals surface area contributed by atoms with Gasteiger partial charge >= 0.3 is 0 Å². The largest absolute Gasteiger partial charge is 0.295 e. The van der Waals surface area contributed by atoms with E-state index in [2.05, 4.69) is 13.5 Å². The molecule has 50 valence electrons. The molecule has 0 aromatic rings. The fourth-order valence-corrected chi connectivity index (χ4v) is 1.19. The third-order valence-corrected chi connectivity index (χ3v) is 1.85. The normalized spacial score (nSPS) is 28.8. The first-order chi connectivity index (χ1) is 4.20. The lowest BCUT2D eigenvalue weighted by Gasteiger charge is -2.17. The predicted octanol–water partition coefficient (Wildman–Crippen LogP) is 1.93. The minimum atomic E-state index is 0.271. The molecule has 0 aromatic carbocycles. The van der Waals surface area contributed by atoms with Crippen LogP contribution < -0.4 is 0 Å². The number of carbonyl (C=O) groups is 1. The van der Waals surface area contributed by atoms with Gasteiger partial charge in [-0.15, -0.1) is 0 Å². The second-order valence-electron chi connectivity index (χ2n) is 2.87. The molecule has 1 aliphatic carbocycles. The maximum absolute atomic E-state index is 10.8. The third-order valence-electron chi connectivity index (χ3n) is 1.85. The van der Waals surface area contributed by atoms with Gasteiger partial charge in [0.15, 0.2) is 5.78 Å². The summed E-state index contributed by atoms with van der Waals surface area (Å²) in [6.45, 7) is 5.86. The van der Waals surface area contributed by atoms with Gasteiger partial charge in [0.1, 0.15) is 0 Å². The van der Waals surface area contributed by atoms with Crippen molar-refractivity contribution in [3.63, 3.8) is 0 Å². The number of hydrogen-bond acceptors (Lipinski definition) is 1. The Hall–Kier alpha value is -0.590. The van der Waals surface area contributed by atoms with Gasteiger partial charge in [0.25, 0.3) is 0 Å². The van der Waals surface area contributed by atoms with Crippen molar-refractivity contribution in [2.24, 2.45) is 5.92 Å². The van der Waals surface area contributed by atoms with E-state index in [-0.39, 0.29) is 5.78 Å². The Morgan fingerprint density at radius 1 is 1.67 bits per heavy atom. The lowest BCUT2D eigenvalue weighted by atomic mass is 9.87. The number of carbonyl (C=O) groups excluding carboxylic acids is 1. The van der Waals surface area contributed by atoms with Crippen LogP contribution in [0.2, 0.25) is 0 Å². The predicted molar refractivity (Wildman–Crippen MR) is 37.2 cm³/mol. The summed E-state index contributed by atoms with van der Waals surface area (Å²) >= 11 is 0. The fourth-order valence-electron chi connectivity index (χ4n) is 1.19. The standard InChI is InChI=1S/C8H12O/c1-6-3-4-8(9)7(2)5-6/h6H,2-5H2,1H3. The third kappa shape index (κ3) is 1.41. The van der Waals surface area contributed by atoms with E-state index in [9.17, 15) is 4.79 Å². The van der Waals surface area contributed by atoms with Crippen LogP contribution in [0, 0.1) is 5.92 Å². The molecule has 0 saturated heterocycles. The summed E-state index contributed by atoms with van der Waals surface area (Å²) in [6, 6.07) is 0. The molecule has 9 heavy (non-hydrogen) atoms. The second kappa shape index (κ2) is 2.34. The second-order valence-corrected chi connectivity index (χ2v) is 2.87. The smallest absolute Gasteiger partial charge is 0.158 e. The van der Waals surface area contributed by atoms with Gasteiger partial charge in [0, 0.05) is 6.42 Å². The average Bonchev–Trinajstić information content (AvgIpc) is 1.80. The van der Waals surface area contributed by atoms with Crippen LogP contribution in [-0.4, -0.2) is 5.78 Å². The summed E-state index contributed by atoms with van der Waals surface area (Å²) in [7, 11) is 0. The van der Waals surface area contributed by atoms with Crippen LogP contribution in [0.1, 0.15) is 26.2 Å². The maximum Gasteiger partial charge on any atom is 0.158 e. The Bertz CT molecular complexity index is 147. The van der Waals surface area contributed by atoms with Crippen LogP contribution in [0.3, 0.4) is 0 Å². The number of allylic oxidation sites excluding steroid dienone is 1. The minimum absolute atomic E-state index is 0.271. The van der Waals surface area contributed by atoms with E-state index in [0.717, 1.165) is 24.8 Å². The molecule has 0 aromatic heterocycles. The Kier molecular flexibility index (Phi) is 1.70. The number of hydrogen-bond donors (Lipinski definition) is 0. The van der Waals surface area contributed by atoms with Crippen LogP contribution in [-0.2, 0) is 4.79 Å². The van der Waals surface area contributed by atoms with Crippen molar-refractivity contribution in [2.75, 3.05) is 0 Å². The summed E-state index contributed by atoms with van der Waals surface area (Å²) in [5.41, 5.74) is 0.828. The first kappa shape index (κ1) is 6.53. The molecule has 1 heteroatoms. The van der Waals surface area contributed by atoms with Gasteiger partial charge in [-0.2, -0.15) is 0 Å². The molecule has 0 amide bonds. The zero-order valence-electron chi connectivity index (χ0n) is 5.81. The molecule has 1 aliphatic rings. The summed E-state index contributed by atoms with van der Waals surface area (Å²) < 4.78 is 0. The molecule has 1 atom stereocenters. The minimum Gasteiger partial charge on any atom is -0.295 e. The lowest BCUT2D eigenvalue weighted by molar-refractivity contribution is -0.116. The van der Waals surface area contributed by atoms with Crippen LogP contribution in [0.4, 0.5) is 0 Å². The van der Waals surface area contributed by atoms with E-state index in [1.807, 2.05) is 0 Å². The van der Waals surface area contributed by atoms with E-state index >= 15 is 0 Å². The highest BCUT2D eigenvalue weighted by molar-refractivity contribution is 5.95. The monoisotopic (exact) mass is 124 g/mol. The van der Waals surface area contributed by atoms with E-state index in [1.54, 1.807) is 0 Å². The van der Waals surface area contributed by atoms with Crippen molar-refractivity contribution in [3.05, 3.63) is 12.2 Å². The summed E-state index contributed by atoms with van der Waals surface area (Å²) in [4.78, 5) is 10.8. The lowest BCUT2D eigenvalue weighted by Crippen LogP contribution is -2.13. The van der Waals surface area contributed by atoms with Crippen molar-refractivity contribution in [1.82, 2.24) is 0 Å². The Morgan fingerprint density at radius 3 is 2.78 bits per heavy atom. The summed E-state index contributed by atoms with van der Waals surface area (Å²) in [5.74, 6) is 0.948. The molecule has 1 fully saturated rings. The van der Waals surface area contributed by atoms with Gasteiger partial charge in [-0.3, -0.25) is 4.79 Å². The molecule has 0 heterocycles.